The van der Waals surface area contributed by atoms with E-state index in [9.17, 15) is 4.79 Å². The number of rotatable bonds is 7. The summed E-state index contributed by atoms with van der Waals surface area (Å²) in [4.78, 5) is 13.4. The molecule has 0 aliphatic carbocycles. The van der Waals surface area contributed by atoms with E-state index in [2.05, 4.69) is 18.2 Å². The van der Waals surface area contributed by atoms with Crippen molar-refractivity contribution in [3.8, 4) is 0 Å². The summed E-state index contributed by atoms with van der Waals surface area (Å²) in [6.45, 7) is 4.57. The molecule has 0 aliphatic rings. The van der Waals surface area contributed by atoms with Crippen molar-refractivity contribution in [1.82, 2.24) is 4.37 Å². The fourth-order valence-electron chi connectivity index (χ4n) is 2.01. The minimum absolute atomic E-state index is 0.00646. The number of nitrogens with two attached hydrogens (primary N) is 2. The Morgan fingerprint density at radius 3 is 2.56 bits per heavy atom. The molecule has 0 radical (unpaired) electrons. The van der Waals surface area contributed by atoms with Crippen molar-refractivity contribution in [2.45, 2.75) is 32.7 Å². The van der Waals surface area contributed by atoms with Crippen molar-refractivity contribution in [3.63, 3.8) is 0 Å². The number of nitrogens with zero attached hydrogens (tertiary/aromatic N) is 2. The van der Waals surface area contributed by atoms with Gasteiger partial charge in [0.1, 0.15) is 10.6 Å². The molecule has 0 saturated carbocycles. The van der Waals surface area contributed by atoms with E-state index in [0.717, 1.165) is 24.4 Å². The Hall–Kier alpha value is -1.34. The van der Waals surface area contributed by atoms with Crippen molar-refractivity contribution in [1.29, 1.82) is 0 Å². The van der Waals surface area contributed by atoms with Gasteiger partial charge in [0.2, 0.25) is 0 Å². The number of nitrogen functional groups attached to an aromatic ring is 1. The molecule has 1 aromatic rings. The molecule has 1 heterocycles. The lowest BCUT2D eigenvalue weighted by atomic mass is 10.1. The van der Waals surface area contributed by atoms with Crippen LogP contribution in [0.2, 0.25) is 0 Å². The Balaban J connectivity index is 3.16. The van der Waals surface area contributed by atoms with Gasteiger partial charge in [0.15, 0.2) is 5.82 Å². The van der Waals surface area contributed by atoms with Gasteiger partial charge in [-0.25, -0.2) is 0 Å². The topological polar surface area (TPSA) is 105 Å². The molecule has 0 unspecified atom stereocenters. The second-order valence-electron chi connectivity index (χ2n) is 4.00. The summed E-state index contributed by atoms with van der Waals surface area (Å²) < 4.78 is 3.99. The Bertz CT molecular complexity index is 404. The maximum Gasteiger partial charge on any atom is 0.255 e. The van der Waals surface area contributed by atoms with E-state index >= 15 is 0 Å². The van der Waals surface area contributed by atoms with Gasteiger partial charge in [-0.15, -0.1) is 0 Å². The molecule has 18 heavy (non-hydrogen) atoms. The molecule has 0 bridgehead atoms. The van der Waals surface area contributed by atoms with Gasteiger partial charge in [-0.05, 0) is 24.4 Å². The Labute approximate surface area is 111 Å². The average molecular weight is 272 g/mol. The average Bonchev–Trinajstić information content (AvgIpc) is 2.71. The maximum absolute atomic E-state index is 11.4. The molecule has 5 N–H and O–H groups in total. The van der Waals surface area contributed by atoms with Crippen LogP contribution in [0.15, 0.2) is 0 Å². The molecule has 0 atom stereocenters. The molecular weight excluding hydrogens is 252 g/mol. The van der Waals surface area contributed by atoms with Gasteiger partial charge >= 0.3 is 0 Å². The number of aliphatic hydroxyl groups excluding tert-OH is 1. The largest absolute Gasteiger partial charge is 0.395 e. The van der Waals surface area contributed by atoms with E-state index < -0.39 is 5.91 Å². The molecular formula is C11H20N4O2S. The van der Waals surface area contributed by atoms with Gasteiger partial charge in [0, 0.05) is 12.6 Å². The molecule has 1 rings (SSSR count). The molecule has 1 aromatic heterocycles. The highest BCUT2D eigenvalue weighted by Gasteiger charge is 2.25. The number of primary amides is 1. The zero-order valence-corrected chi connectivity index (χ0v) is 11.5. The summed E-state index contributed by atoms with van der Waals surface area (Å²) in [7, 11) is 0. The zero-order valence-electron chi connectivity index (χ0n) is 10.7. The number of hydrogen-bond acceptors (Lipinski definition) is 6. The molecule has 0 spiro atoms. The first-order chi connectivity index (χ1) is 8.56. The van der Waals surface area contributed by atoms with Gasteiger partial charge in [-0.3, -0.25) is 4.79 Å². The Morgan fingerprint density at radius 2 is 2.11 bits per heavy atom. The third kappa shape index (κ3) is 2.91. The fraction of sp³-hybridized carbons (Fsp3) is 0.636. The van der Waals surface area contributed by atoms with Crippen LogP contribution in [-0.2, 0) is 0 Å². The van der Waals surface area contributed by atoms with Gasteiger partial charge in [-0.1, -0.05) is 13.8 Å². The third-order valence-corrected chi connectivity index (χ3v) is 3.83. The van der Waals surface area contributed by atoms with Gasteiger partial charge in [0.05, 0.1) is 6.61 Å². The number of carbonyl (C=O) groups excluding carboxylic acids is 1. The highest BCUT2D eigenvalue weighted by Crippen LogP contribution is 2.32. The van der Waals surface area contributed by atoms with Crippen LogP contribution >= 0.6 is 11.5 Å². The van der Waals surface area contributed by atoms with Gasteiger partial charge < -0.3 is 21.5 Å². The van der Waals surface area contributed by atoms with Crippen LogP contribution in [0.25, 0.3) is 0 Å². The van der Waals surface area contributed by atoms with E-state index in [1.165, 1.54) is 0 Å². The highest BCUT2D eigenvalue weighted by atomic mass is 32.1. The molecule has 1 amide bonds. The maximum atomic E-state index is 11.4. The second-order valence-corrected chi connectivity index (χ2v) is 4.75. The molecule has 6 nitrogen and oxygen atoms in total. The van der Waals surface area contributed by atoms with Crippen LogP contribution in [0.4, 0.5) is 10.8 Å². The summed E-state index contributed by atoms with van der Waals surface area (Å²) in [5.41, 5.74) is 11.3. The Kier molecular flexibility index (Phi) is 5.36. The zero-order chi connectivity index (χ0) is 13.7. The van der Waals surface area contributed by atoms with Gasteiger partial charge in [0.25, 0.3) is 5.91 Å². The smallest absolute Gasteiger partial charge is 0.255 e. The predicted molar refractivity (Wildman–Crippen MR) is 73.8 cm³/mol. The summed E-state index contributed by atoms with van der Waals surface area (Å²) in [5.74, 6) is -0.415. The first kappa shape index (κ1) is 14.7. The number of aromatic nitrogens is 1. The van der Waals surface area contributed by atoms with Gasteiger partial charge in [-0.2, -0.15) is 4.37 Å². The van der Waals surface area contributed by atoms with Crippen molar-refractivity contribution >= 4 is 28.3 Å². The summed E-state index contributed by atoms with van der Waals surface area (Å²) in [5, 5.41) is 9.82. The Morgan fingerprint density at radius 1 is 1.50 bits per heavy atom. The second kappa shape index (κ2) is 6.55. The van der Waals surface area contributed by atoms with Crippen LogP contribution in [0, 0.1) is 0 Å². The van der Waals surface area contributed by atoms with Crippen molar-refractivity contribution in [3.05, 3.63) is 5.56 Å². The highest BCUT2D eigenvalue weighted by molar-refractivity contribution is 7.11. The van der Waals surface area contributed by atoms with Crippen LogP contribution in [0.1, 0.15) is 37.0 Å². The van der Waals surface area contributed by atoms with E-state index in [1.807, 2.05) is 4.90 Å². The monoisotopic (exact) mass is 272 g/mol. The summed E-state index contributed by atoms with van der Waals surface area (Å²) in [6, 6.07) is 0.232. The first-order valence-corrected chi connectivity index (χ1v) is 6.76. The van der Waals surface area contributed by atoms with E-state index in [4.69, 9.17) is 16.6 Å². The summed E-state index contributed by atoms with van der Waals surface area (Å²) in [6.07, 6.45) is 1.82. The first-order valence-electron chi connectivity index (χ1n) is 5.99. The fourth-order valence-corrected chi connectivity index (χ4v) is 2.93. The number of carbonyl (C=O) groups is 1. The lowest BCUT2D eigenvalue weighted by Gasteiger charge is -2.30. The van der Waals surface area contributed by atoms with Crippen LogP contribution < -0.4 is 16.4 Å². The van der Waals surface area contributed by atoms with Crippen LogP contribution in [0.5, 0.6) is 0 Å². The minimum atomic E-state index is -0.579. The number of hydrogen-bond donors (Lipinski definition) is 3. The summed E-state index contributed by atoms with van der Waals surface area (Å²) >= 11 is 1.15. The molecule has 0 fully saturated rings. The number of anilines is 2. The molecule has 0 aliphatic heterocycles. The third-order valence-electron chi connectivity index (χ3n) is 2.93. The SMILES string of the molecule is CCC(CC)N(CCO)c1snc(N)c1C(N)=O. The number of aliphatic hydroxyl groups is 1. The normalized spacial score (nSPS) is 10.9. The number of amides is 1. The van der Waals surface area contributed by atoms with E-state index in [-0.39, 0.29) is 24.0 Å². The molecule has 102 valence electrons. The molecule has 0 saturated heterocycles. The standard InChI is InChI=1S/C11H20N4O2S/c1-3-7(4-2)15(5-6-16)11-8(10(13)17)9(12)14-18-11/h7,16H,3-6H2,1-2H3,(H2,12,14)(H2,13,17). The lowest BCUT2D eigenvalue weighted by Crippen LogP contribution is -2.37. The van der Waals surface area contributed by atoms with Crippen LogP contribution in [0.3, 0.4) is 0 Å². The quantitative estimate of drug-likeness (QED) is 0.681. The predicted octanol–water partition coefficient (Wildman–Crippen LogP) is 0.812. The molecule has 0 aromatic carbocycles. The molecule has 7 heteroatoms. The van der Waals surface area contributed by atoms with Crippen LogP contribution in [-0.4, -0.2) is 34.6 Å². The minimum Gasteiger partial charge on any atom is -0.395 e. The van der Waals surface area contributed by atoms with Crippen molar-refractivity contribution in [2.24, 2.45) is 5.73 Å². The lowest BCUT2D eigenvalue weighted by molar-refractivity contribution is 0.100. The van der Waals surface area contributed by atoms with E-state index in [1.54, 1.807) is 0 Å². The van der Waals surface area contributed by atoms with E-state index in [0.29, 0.717) is 11.5 Å². The van der Waals surface area contributed by atoms with Crippen molar-refractivity contribution in [2.75, 3.05) is 23.8 Å². The van der Waals surface area contributed by atoms with Crippen molar-refractivity contribution < 1.29 is 9.90 Å².